The molecule has 1 fully saturated rings. The van der Waals surface area contributed by atoms with E-state index in [1.165, 1.54) is 50.2 Å². The van der Waals surface area contributed by atoms with Gasteiger partial charge < -0.3 is 5.32 Å². The minimum atomic E-state index is -0.136. The molecule has 1 aromatic carbocycles. The van der Waals surface area contributed by atoms with Crippen LogP contribution in [0.1, 0.15) is 49.7 Å². The molecule has 0 heterocycles. The molecule has 1 aliphatic carbocycles. The maximum absolute atomic E-state index is 13.1. The van der Waals surface area contributed by atoms with Crippen LogP contribution in [0.3, 0.4) is 0 Å². The van der Waals surface area contributed by atoms with Crippen molar-refractivity contribution in [2.75, 3.05) is 6.54 Å². The van der Waals surface area contributed by atoms with Gasteiger partial charge in [0.2, 0.25) is 0 Å². The van der Waals surface area contributed by atoms with Crippen LogP contribution < -0.4 is 5.32 Å². The second-order valence-electron chi connectivity index (χ2n) is 5.54. The molecule has 0 saturated heterocycles. The normalized spacial score (nSPS) is 16.3. The Hall–Kier alpha value is -0.890. The molecule has 1 aromatic rings. The monoisotopic (exact) mass is 249 g/mol. The summed E-state index contributed by atoms with van der Waals surface area (Å²) in [6, 6.07) is 5.02. The zero-order valence-corrected chi connectivity index (χ0v) is 11.3. The van der Waals surface area contributed by atoms with E-state index in [9.17, 15) is 4.39 Å². The summed E-state index contributed by atoms with van der Waals surface area (Å²) in [4.78, 5) is 0. The van der Waals surface area contributed by atoms with Gasteiger partial charge in [0, 0.05) is 6.54 Å². The van der Waals surface area contributed by atoms with Crippen molar-refractivity contribution in [3.8, 4) is 0 Å². The standard InChI is InChI=1S/C16H24FN/c1-13-8-9-16(17)11-15(13)12-18-10-4-7-14-5-2-3-6-14/h8-9,11,14,18H,2-7,10,12H2,1H3. The topological polar surface area (TPSA) is 12.0 Å². The highest BCUT2D eigenvalue weighted by Gasteiger charge is 2.13. The first kappa shape index (κ1) is 13.5. The predicted octanol–water partition coefficient (Wildman–Crippen LogP) is 4.19. The van der Waals surface area contributed by atoms with Crippen LogP contribution in [-0.4, -0.2) is 6.54 Å². The van der Waals surface area contributed by atoms with Gasteiger partial charge in [0.05, 0.1) is 0 Å². The molecule has 18 heavy (non-hydrogen) atoms. The smallest absolute Gasteiger partial charge is 0.123 e. The molecule has 2 rings (SSSR count). The number of aryl methyl sites for hydroxylation is 1. The summed E-state index contributed by atoms with van der Waals surface area (Å²) in [5.41, 5.74) is 2.25. The highest BCUT2D eigenvalue weighted by atomic mass is 19.1. The van der Waals surface area contributed by atoms with Crippen LogP contribution in [0.5, 0.6) is 0 Å². The van der Waals surface area contributed by atoms with Crippen molar-refractivity contribution in [1.82, 2.24) is 5.32 Å². The number of halogens is 1. The van der Waals surface area contributed by atoms with Gasteiger partial charge in [0.1, 0.15) is 5.82 Å². The van der Waals surface area contributed by atoms with Gasteiger partial charge in [-0.3, -0.25) is 0 Å². The molecule has 1 nitrogen and oxygen atoms in total. The summed E-state index contributed by atoms with van der Waals surface area (Å²) in [5.74, 6) is 0.839. The van der Waals surface area contributed by atoms with Crippen molar-refractivity contribution < 1.29 is 4.39 Å². The molecule has 0 atom stereocenters. The Balaban J connectivity index is 1.64. The molecule has 1 saturated carbocycles. The third-order valence-electron chi connectivity index (χ3n) is 4.07. The van der Waals surface area contributed by atoms with E-state index in [4.69, 9.17) is 0 Å². The van der Waals surface area contributed by atoms with Gasteiger partial charge in [-0.25, -0.2) is 4.39 Å². The molecule has 0 aliphatic heterocycles. The average molecular weight is 249 g/mol. The minimum Gasteiger partial charge on any atom is -0.313 e. The van der Waals surface area contributed by atoms with Gasteiger partial charge in [-0.1, -0.05) is 31.7 Å². The van der Waals surface area contributed by atoms with Crippen LogP contribution in [0, 0.1) is 18.7 Å². The number of hydrogen-bond acceptors (Lipinski definition) is 1. The molecule has 0 bridgehead atoms. The lowest BCUT2D eigenvalue weighted by molar-refractivity contribution is 0.470. The van der Waals surface area contributed by atoms with Crippen LogP contribution in [0.2, 0.25) is 0 Å². The molecule has 0 unspecified atom stereocenters. The van der Waals surface area contributed by atoms with E-state index in [1.807, 2.05) is 13.0 Å². The zero-order valence-electron chi connectivity index (χ0n) is 11.3. The SMILES string of the molecule is Cc1ccc(F)cc1CNCCCC1CCCC1. The molecule has 0 amide bonds. The molecule has 100 valence electrons. The predicted molar refractivity (Wildman–Crippen MR) is 74.0 cm³/mol. The lowest BCUT2D eigenvalue weighted by Crippen LogP contribution is -2.16. The Labute approximate surface area is 110 Å². The fourth-order valence-corrected chi connectivity index (χ4v) is 2.87. The second-order valence-corrected chi connectivity index (χ2v) is 5.54. The van der Waals surface area contributed by atoms with Crippen LogP contribution >= 0.6 is 0 Å². The summed E-state index contributed by atoms with van der Waals surface area (Å²) < 4.78 is 13.1. The quantitative estimate of drug-likeness (QED) is 0.745. The van der Waals surface area contributed by atoms with E-state index in [-0.39, 0.29) is 5.82 Å². The van der Waals surface area contributed by atoms with E-state index in [0.717, 1.165) is 24.6 Å². The van der Waals surface area contributed by atoms with E-state index >= 15 is 0 Å². The van der Waals surface area contributed by atoms with Gasteiger partial charge in [-0.05, 0) is 55.5 Å². The lowest BCUT2D eigenvalue weighted by Gasteiger charge is -2.10. The van der Waals surface area contributed by atoms with E-state index in [1.54, 1.807) is 6.07 Å². The molecule has 0 radical (unpaired) electrons. The van der Waals surface area contributed by atoms with E-state index in [0.29, 0.717) is 0 Å². The Bertz CT molecular complexity index is 369. The highest BCUT2D eigenvalue weighted by molar-refractivity contribution is 5.26. The number of hydrogen-bond donors (Lipinski definition) is 1. The fourth-order valence-electron chi connectivity index (χ4n) is 2.87. The summed E-state index contributed by atoms with van der Waals surface area (Å²) in [6.07, 6.45) is 8.33. The summed E-state index contributed by atoms with van der Waals surface area (Å²) in [6.45, 7) is 3.87. The molecule has 2 heteroatoms. The Morgan fingerprint density at radius 2 is 2.06 bits per heavy atom. The first-order valence-electron chi connectivity index (χ1n) is 7.21. The third kappa shape index (κ3) is 4.09. The fraction of sp³-hybridized carbons (Fsp3) is 0.625. The van der Waals surface area contributed by atoms with Crippen molar-refractivity contribution in [2.24, 2.45) is 5.92 Å². The Morgan fingerprint density at radius 1 is 1.28 bits per heavy atom. The molecule has 0 aromatic heterocycles. The molecular weight excluding hydrogens is 225 g/mol. The maximum atomic E-state index is 13.1. The largest absolute Gasteiger partial charge is 0.313 e. The lowest BCUT2D eigenvalue weighted by atomic mass is 10.0. The van der Waals surface area contributed by atoms with Crippen LogP contribution in [-0.2, 0) is 6.54 Å². The van der Waals surface area contributed by atoms with Gasteiger partial charge in [-0.15, -0.1) is 0 Å². The third-order valence-corrected chi connectivity index (χ3v) is 4.07. The summed E-state index contributed by atoms with van der Waals surface area (Å²) in [5, 5.41) is 3.43. The molecular formula is C16H24FN. The first-order chi connectivity index (χ1) is 8.75. The molecule has 0 spiro atoms. The van der Waals surface area contributed by atoms with Crippen molar-refractivity contribution in [1.29, 1.82) is 0 Å². The number of rotatable bonds is 6. The Kier molecular flexibility index (Phi) is 5.18. The molecule has 1 N–H and O–H groups in total. The maximum Gasteiger partial charge on any atom is 0.123 e. The van der Waals surface area contributed by atoms with Crippen LogP contribution in [0.15, 0.2) is 18.2 Å². The first-order valence-corrected chi connectivity index (χ1v) is 7.21. The summed E-state index contributed by atoms with van der Waals surface area (Å²) in [7, 11) is 0. The minimum absolute atomic E-state index is 0.136. The van der Waals surface area contributed by atoms with Crippen molar-refractivity contribution in [3.05, 3.63) is 35.1 Å². The second kappa shape index (κ2) is 6.89. The van der Waals surface area contributed by atoms with Crippen molar-refractivity contribution in [3.63, 3.8) is 0 Å². The Morgan fingerprint density at radius 3 is 2.83 bits per heavy atom. The van der Waals surface area contributed by atoms with Gasteiger partial charge in [0.15, 0.2) is 0 Å². The summed E-state index contributed by atoms with van der Waals surface area (Å²) >= 11 is 0. The molecule has 1 aliphatic rings. The average Bonchev–Trinajstić information content (AvgIpc) is 2.86. The van der Waals surface area contributed by atoms with Crippen LogP contribution in [0.25, 0.3) is 0 Å². The number of nitrogens with one attached hydrogen (secondary N) is 1. The van der Waals surface area contributed by atoms with Gasteiger partial charge in [-0.2, -0.15) is 0 Å². The highest BCUT2D eigenvalue weighted by Crippen LogP contribution is 2.28. The van der Waals surface area contributed by atoms with E-state index < -0.39 is 0 Å². The van der Waals surface area contributed by atoms with Crippen molar-refractivity contribution >= 4 is 0 Å². The van der Waals surface area contributed by atoms with Crippen LogP contribution in [0.4, 0.5) is 4.39 Å². The van der Waals surface area contributed by atoms with E-state index in [2.05, 4.69) is 5.32 Å². The van der Waals surface area contributed by atoms with Gasteiger partial charge >= 0.3 is 0 Å². The van der Waals surface area contributed by atoms with Gasteiger partial charge in [0.25, 0.3) is 0 Å². The number of benzene rings is 1. The zero-order chi connectivity index (χ0) is 12.8. The van der Waals surface area contributed by atoms with Crippen molar-refractivity contribution in [2.45, 2.75) is 52.0 Å².